The average molecular weight is 302 g/mol. The van der Waals surface area contributed by atoms with Crippen molar-refractivity contribution in [1.29, 1.82) is 0 Å². The van der Waals surface area contributed by atoms with Crippen LogP contribution in [0.2, 0.25) is 10.0 Å². The van der Waals surface area contributed by atoms with E-state index >= 15 is 0 Å². The highest BCUT2D eigenvalue weighted by atomic mass is 35.5. The van der Waals surface area contributed by atoms with Crippen LogP contribution in [-0.4, -0.2) is 11.9 Å². The van der Waals surface area contributed by atoms with Crippen molar-refractivity contribution in [1.82, 2.24) is 5.32 Å². The molecule has 0 saturated carbocycles. The molecule has 1 aromatic rings. The zero-order chi connectivity index (χ0) is 14.6. The van der Waals surface area contributed by atoms with Crippen molar-refractivity contribution in [2.45, 2.75) is 46.1 Å². The second-order valence-electron chi connectivity index (χ2n) is 5.60. The van der Waals surface area contributed by atoms with Gasteiger partial charge in [-0.2, -0.15) is 0 Å². The lowest BCUT2D eigenvalue weighted by molar-refractivity contribution is -0.119. The van der Waals surface area contributed by atoms with Crippen LogP contribution in [0.1, 0.15) is 45.6 Å². The molecule has 2 atom stereocenters. The molecule has 1 aliphatic rings. The largest absolute Gasteiger partial charge is 0.353 e. The van der Waals surface area contributed by atoms with E-state index in [0.29, 0.717) is 16.5 Å². The van der Waals surface area contributed by atoms with Crippen LogP contribution in [0.15, 0.2) is 18.2 Å². The number of rotatable bonds is 1. The Kier molecular flexibility index (Phi) is 6.15. The minimum Gasteiger partial charge on any atom is -0.353 e. The summed E-state index contributed by atoms with van der Waals surface area (Å²) in [6.45, 7) is 8.49. The molecule has 1 aliphatic heterocycles. The number of hydrogen-bond acceptors (Lipinski definition) is 1. The molecule has 0 spiro atoms. The summed E-state index contributed by atoms with van der Waals surface area (Å²) in [5.41, 5.74) is 1.03. The standard InChI is InChI=1S/C11H11Cl2NO.C4H10/c1-6-10(5-11(15)14-6)7-2-8(12)4-9(13)3-7;1-4(2)3/h2-4,6,10H,5H2,1H3,(H,14,15);4H,1-3H3/t6-,10-;/m0./s1. The number of carbonyl (C=O) groups is 1. The summed E-state index contributed by atoms with van der Waals surface area (Å²) < 4.78 is 0. The zero-order valence-electron chi connectivity index (χ0n) is 11.8. The maximum Gasteiger partial charge on any atom is 0.220 e. The third kappa shape index (κ3) is 5.42. The molecule has 1 amide bonds. The zero-order valence-corrected chi connectivity index (χ0v) is 13.3. The van der Waals surface area contributed by atoms with Gasteiger partial charge < -0.3 is 5.32 Å². The van der Waals surface area contributed by atoms with Crippen molar-refractivity contribution in [2.75, 3.05) is 0 Å². The molecule has 4 heteroatoms. The third-order valence-corrected chi connectivity index (χ3v) is 3.15. The van der Waals surface area contributed by atoms with Gasteiger partial charge in [0, 0.05) is 28.4 Å². The molecular weight excluding hydrogens is 281 g/mol. The maximum atomic E-state index is 11.2. The highest BCUT2D eigenvalue weighted by molar-refractivity contribution is 6.34. The first-order chi connectivity index (χ1) is 8.79. The number of hydrogen-bond donors (Lipinski definition) is 1. The summed E-state index contributed by atoms with van der Waals surface area (Å²) in [7, 11) is 0. The molecule has 2 nitrogen and oxygen atoms in total. The Labute approximate surface area is 125 Å². The summed E-state index contributed by atoms with van der Waals surface area (Å²) >= 11 is 11.8. The van der Waals surface area contributed by atoms with E-state index in [1.54, 1.807) is 6.07 Å². The lowest BCUT2D eigenvalue weighted by Crippen LogP contribution is -2.24. The lowest BCUT2D eigenvalue weighted by atomic mass is 9.93. The first-order valence-electron chi connectivity index (χ1n) is 6.55. The molecular formula is C15H21Cl2NO. The Morgan fingerprint density at radius 1 is 1.16 bits per heavy atom. The van der Waals surface area contributed by atoms with Crippen LogP contribution >= 0.6 is 23.2 Å². The fourth-order valence-corrected chi connectivity index (χ4v) is 2.53. The maximum absolute atomic E-state index is 11.2. The summed E-state index contributed by atoms with van der Waals surface area (Å²) in [6, 6.07) is 5.58. The Hall–Kier alpha value is -0.730. The number of halogens is 2. The first kappa shape index (κ1) is 16.3. The van der Waals surface area contributed by atoms with E-state index < -0.39 is 0 Å². The van der Waals surface area contributed by atoms with Crippen LogP contribution in [0.5, 0.6) is 0 Å². The molecule has 0 aliphatic carbocycles. The molecule has 0 bridgehead atoms. The number of carbonyl (C=O) groups excluding carboxylic acids is 1. The van der Waals surface area contributed by atoms with Gasteiger partial charge in [0.05, 0.1) is 0 Å². The van der Waals surface area contributed by atoms with Gasteiger partial charge in [0.2, 0.25) is 5.91 Å². The van der Waals surface area contributed by atoms with E-state index in [1.807, 2.05) is 19.1 Å². The SMILES string of the molecule is CC(C)C.C[C@@H]1NC(=O)C[C@@H]1c1cc(Cl)cc(Cl)c1. The van der Waals surface area contributed by atoms with Gasteiger partial charge in [-0.15, -0.1) is 0 Å². The van der Waals surface area contributed by atoms with Crippen LogP contribution in [0.4, 0.5) is 0 Å². The predicted molar refractivity (Wildman–Crippen MR) is 81.9 cm³/mol. The van der Waals surface area contributed by atoms with Gasteiger partial charge in [-0.3, -0.25) is 4.79 Å². The van der Waals surface area contributed by atoms with E-state index in [-0.39, 0.29) is 17.9 Å². The number of nitrogens with one attached hydrogen (secondary N) is 1. The first-order valence-corrected chi connectivity index (χ1v) is 7.30. The molecule has 106 valence electrons. The Balaban J connectivity index is 0.000000399. The second-order valence-corrected chi connectivity index (χ2v) is 6.47. The van der Waals surface area contributed by atoms with E-state index in [1.165, 1.54) is 0 Å². The van der Waals surface area contributed by atoms with Gasteiger partial charge in [-0.05, 0) is 36.6 Å². The molecule has 1 aromatic carbocycles. The lowest BCUT2D eigenvalue weighted by Gasteiger charge is -2.14. The minimum absolute atomic E-state index is 0.0867. The average Bonchev–Trinajstić information content (AvgIpc) is 2.55. The smallest absolute Gasteiger partial charge is 0.220 e. The predicted octanol–water partition coefficient (Wildman–Crippen LogP) is 4.65. The highest BCUT2D eigenvalue weighted by Gasteiger charge is 2.30. The van der Waals surface area contributed by atoms with Gasteiger partial charge in [0.25, 0.3) is 0 Å². The summed E-state index contributed by atoms with van der Waals surface area (Å²) in [5.74, 6) is 1.09. The minimum atomic E-state index is 0.0867. The van der Waals surface area contributed by atoms with E-state index in [9.17, 15) is 4.79 Å². The molecule has 19 heavy (non-hydrogen) atoms. The van der Waals surface area contributed by atoms with Crippen molar-refractivity contribution in [2.24, 2.45) is 5.92 Å². The van der Waals surface area contributed by atoms with Gasteiger partial charge in [-0.1, -0.05) is 44.0 Å². The van der Waals surface area contributed by atoms with Crippen molar-refractivity contribution in [3.8, 4) is 0 Å². The van der Waals surface area contributed by atoms with Crippen LogP contribution in [-0.2, 0) is 4.79 Å². The van der Waals surface area contributed by atoms with Gasteiger partial charge in [0.15, 0.2) is 0 Å². The molecule has 2 rings (SSSR count). The van der Waals surface area contributed by atoms with Crippen molar-refractivity contribution in [3.05, 3.63) is 33.8 Å². The fourth-order valence-electron chi connectivity index (χ4n) is 1.99. The summed E-state index contributed by atoms with van der Waals surface area (Å²) in [5, 5.41) is 4.11. The Morgan fingerprint density at radius 3 is 2.00 bits per heavy atom. The van der Waals surface area contributed by atoms with Gasteiger partial charge in [0.1, 0.15) is 0 Å². The Morgan fingerprint density at radius 2 is 1.63 bits per heavy atom. The molecule has 0 radical (unpaired) electrons. The van der Waals surface area contributed by atoms with E-state index in [2.05, 4.69) is 26.1 Å². The fraction of sp³-hybridized carbons (Fsp3) is 0.533. The molecule has 1 fully saturated rings. The van der Waals surface area contributed by atoms with Crippen LogP contribution < -0.4 is 5.32 Å². The molecule has 1 heterocycles. The topological polar surface area (TPSA) is 29.1 Å². The number of benzene rings is 1. The third-order valence-electron chi connectivity index (χ3n) is 2.71. The van der Waals surface area contributed by atoms with E-state index in [4.69, 9.17) is 23.2 Å². The van der Waals surface area contributed by atoms with Gasteiger partial charge in [-0.25, -0.2) is 0 Å². The van der Waals surface area contributed by atoms with Crippen LogP contribution in [0.25, 0.3) is 0 Å². The van der Waals surface area contributed by atoms with E-state index in [0.717, 1.165) is 11.5 Å². The van der Waals surface area contributed by atoms with Crippen LogP contribution in [0.3, 0.4) is 0 Å². The normalized spacial score (nSPS) is 21.9. The van der Waals surface area contributed by atoms with Crippen molar-refractivity contribution >= 4 is 29.1 Å². The van der Waals surface area contributed by atoms with Gasteiger partial charge >= 0.3 is 0 Å². The molecule has 0 aromatic heterocycles. The molecule has 1 saturated heterocycles. The quantitative estimate of drug-likeness (QED) is 0.804. The number of amides is 1. The summed E-state index contributed by atoms with van der Waals surface area (Å²) in [6.07, 6.45) is 0.512. The molecule has 1 N–H and O–H groups in total. The Bertz CT molecular complexity index is 423. The second kappa shape index (κ2) is 7.16. The molecule has 0 unspecified atom stereocenters. The highest BCUT2D eigenvalue weighted by Crippen LogP contribution is 2.31. The van der Waals surface area contributed by atoms with Crippen molar-refractivity contribution in [3.63, 3.8) is 0 Å². The monoisotopic (exact) mass is 301 g/mol. The van der Waals surface area contributed by atoms with Crippen LogP contribution in [0, 0.1) is 5.92 Å². The van der Waals surface area contributed by atoms with Crippen molar-refractivity contribution < 1.29 is 4.79 Å². The summed E-state index contributed by atoms with van der Waals surface area (Å²) in [4.78, 5) is 11.2.